The molecule has 3 heteroatoms. The molecule has 0 amide bonds. The lowest BCUT2D eigenvalue weighted by Gasteiger charge is -2.28. The fraction of sp³-hybridized carbons (Fsp3) is 1.00. The van der Waals surface area contributed by atoms with Gasteiger partial charge in [-0.25, -0.2) is 0 Å². The van der Waals surface area contributed by atoms with E-state index in [0.29, 0.717) is 0 Å². The molecule has 0 aromatic carbocycles. The molecule has 1 saturated heterocycles. The van der Waals surface area contributed by atoms with E-state index in [0.717, 1.165) is 17.9 Å². The lowest BCUT2D eigenvalue weighted by atomic mass is 10.00. The summed E-state index contributed by atoms with van der Waals surface area (Å²) >= 11 is 2.10. The SMILES string of the molecule is CC(C)C(NCCN1CCSCC1)C1CC1. The van der Waals surface area contributed by atoms with Crippen LogP contribution in [0.4, 0.5) is 0 Å². The van der Waals surface area contributed by atoms with E-state index < -0.39 is 0 Å². The molecule has 0 aromatic heterocycles. The fourth-order valence-corrected chi connectivity index (χ4v) is 3.59. The molecule has 1 heterocycles. The van der Waals surface area contributed by atoms with E-state index >= 15 is 0 Å². The van der Waals surface area contributed by atoms with Crippen LogP contribution >= 0.6 is 11.8 Å². The minimum Gasteiger partial charge on any atom is -0.312 e. The lowest BCUT2D eigenvalue weighted by Crippen LogP contribution is -2.43. The van der Waals surface area contributed by atoms with Gasteiger partial charge in [0.25, 0.3) is 0 Å². The van der Waals surface area contributed by atoms with Gasteiger partial charge in [-0.15, -0.1) is 0 Å². The Labute approximate surface area is 105 Å². The molecule has 0 spiro atoms. The molecule has 16 heavy (non-hydrogen) atoms. The van der Waals surface area contributed by atoms with Crippen LogP contribution in [0.1, 0.15) is 26.7 Å². The van der Waals surface area contributed by atoms with Crippen LogP contribution in [0.2, 0.25) is 0 Å². The van der Waals surface area contributed by atoms with Gasteiger partial charge in [-0.05, 0) is 24.7 Å². The number of hydrogen-bond acceptors (Lipinski definition) is 3. The number of nitrogens with one attached hydrogen (secondary N) is 1. The maximum absolute atomic E-state index is 3.78. The molecule has 1 saturated carbocycles. The summed E-state index contributed by atoms with van der Waals surface area (Å²) in [6, 6.07) is 0.777. The maximum atomic E-state index is 3.78. The minimum absolute atomic E-state index is 0.777. The predicted octanol–water partition coefficient (Wildman–Crippen LogP) is 2.06. The van der Waals surface area contributed by atoms with Crippen molar-refractivity contribution in [1.29, 1.82) is 0 Å². The van der Waals surface area contributed by atoms with E-state index in [4.69, 9.17) is 0 Å². The average molecular weight is 242 g/mol. The van der Waals surface area contributed by atoms with Crippen molar-refractivity contribution in [3.63, 3.8) is 0 Å². The van der Waals surface area contributed by atoms with Gasteiger partial charge in [0.05, 0.1) is 0 Å². The molecule has 94 valence electrons. The van der Waals surface area contributed by atoms with Crippen LogP contribution in [0.3, 0.4) is 0 Å². The third-order valence-electron chi connectivity index (χ3n) is 3.76. The zero-order valence-corrected chi connectivity index (χ0v) is 11.6. The van der Waals surface area contributed by atoms with Gasteiger partial charge < -0.3 is 10.2 Å². The molecular formula is C13H26N2S. The second-order valence-corrected chi connectivity index (χ2v) is 6.74. The highest BCUT2D eigenvalue weighted by Crippen LogP contribution is 2.35. The van der Waals surface area contributed by atoms with E-state index in [1.807, 2.05) is 0 Å². The Kier molecular flexibility index (Phi) is 4.98. The van der Waals surface area contributed by atoms with Crippen LogP contribution in [0.5, 0.6) is 0 Å². The smallest absolute Gasteiger partial charge is 0.0119 e. The molecule has 1 aliphatic carbocycles. The van der Waals surface area contributed by atoms with E-state index in [1.54, 1.807) is 0 Å². The fourth-order valence-electron chi connectivity index (χ4n) is 2.62. The van der Waals surface area contributed by atoms with Gasteiger partial charge in [0, 0.05) is 43.7 Å². The molecule has 1 aliphatic heterocycles. The van der Waals surface area contributed by atoms with Crippen molar-refractivity contribution < 1.29 is 0 Å². The number of thioether (sulfide) groups is 1. The van der Waals surface area contributed by atoms with Crippen molar-refractivity contribution in [2.45, 2.75) is 32.7 Å². The molecule has 2 fully saturated rings. The normalized spacial score (nSPS) is 24.9. The monoisotopic (exact) mass is 242 g/mol. The summed E-state index contributed by atoms with van der Waals surface area (Å²) in [4.78, 5) is 2.60. The largest absolute Gasteiger partial charge is 0.312 e. The number of rotatable bonds is 6. The molecule has 1 atom stereocenters. The molecule has 0 aromatic rings. The van der Waals surface area contributed by atoms with E-state index in [-0.39, 0.29) is 0 Å². The Morgan fingerprint density at radius 2 is 1.94 bits per heavy atom. The quantitative estimate of drug-likeness (QED) is 0.767. The van der Waals surface area contributed by atoms with Crippen molar-refractivity contribution in [3.05, 3.63) is 0 Å². The van der Waals surface area contributed by atoms with Crippen molar-refractivity contribution in [2.75, 3.05) is 37.7 Å². The first kappa shape index (κ1) is 12.7. The van der Waals surface area contributed by atoms with Gasteiger partial charge in [-0.2, -0.15) is 11.8 Å². The van der Waals surface area contributed by atoms with Crippen molar-refractivity contribution in [3.8, 4) is 0 Å². The lowest BCUT2D eigenvalue weighted by molar-refractivity contribution is 0.278. The molecule has 0 radical (unpaired) electrons. The minimum atomic E-state index is 0.777. The molecule has 1 unspecified atom stereocenters. The summed E-state index contributed by atoms with van der Waals surface area (Å²) in [5.74, 6) is 4.44. The van der Waals surface area contributed by atoms with Crippen LogP contribution in [0, 0.1) is 11.8 Å². The van der Waals surface area contributed by atoms with Crippen LogP contribution in [-0.2, 0) is 0 Å². The van der Waals surface area contributed by atoms with Crippen molar-refractivity contribution in [2.24, 2.45) is 11.8 Å². The molecule has 2 nitrogen and oxygen atoms in total. The van der Waals surface area contributed by atoms with Crippen molar-refractivity contribution >= 4 is 11.8 Å². The Morgan fingerprint density at radius 3 is 2.50 bits per heavy atom. The molecule has 2 rings (SSSR count). The second kappa shape index (κ2) is 6.27. The third-order valence-corrected chi connectivity index (χ3v) is 4.70. The number of nitrogens with zero attached hydrogens (tertiary/aromatic N) is 1. The first-order valence-electron chi connectivity index (χ1n) is 6.81. The van der Waals surface area contributed by atoms with Crippen LogP contribution in [0.25, 0.3) is 0 Å². The summed E-state index contributed by atoms with van der Waals surface area (Å²) in [7, 11) is 0. The van der Waals surface area contributed by atoms with Gasteiger partial charge in [-0.1, -0.05) is 13.8 Å². The second-order valence-electron chi connectivity index (χ2n) is 5.52. The average Bonchev–Trinajstić information content (AvgIpc) is 3.09. The summed E-state index contributed by atoms with van der Waals surface area (Å²) in [5, 5.41) is 3.78. The Bertz CT molecular complexity index is 196. The standard InChI is InChI=1S/C13H26N2S/c1-11(2)13(12-3-4-12)14-5-6-15-7-9-16-10-8-15/h11-14H,3-10H2,1-2H3. The molecule has 0 bridgehead atoms. The molecule has 2 aliphatic rings. The first-order valence-corrected chi connectivity index (χ1v) is 7.96. The third kappa shape index (κ3) is 3.94. The first-order chi connectivity index (χ1) is 7.77. The van der Waals surface area contributed by atoms with Crippen LogP contribution < -0.4 is 5.32 Å². The Morgan fingerprint density at radius 1 is 1.25 bits per heavy atom. The highest BCUT2D eigenvalue weighted by atomic mass is 32.2. The molecular weight excluding hydrogens is 216 g/mol. The van der Waals surface area contributed by atoms with Gasteiger partial charge in [-0.3, -0.25) is 0 Å². The highest BCUT2D eigenvalue weighted by molar-refractivity contribution is 7.99. The zero-order chi connectivity index (χ0) is 11.4. The summed E-state index contributed by atoms with van der Waals surface area (Å²) in [6.07, 6.45) is 2.91. The maximum Gasteiger partial charge on any atom is 0.0119 e. The Balaban J connectivity index is 1.61. The summed E-state index contributed by atoms with van der Waals surface area (Å²) in [6.45, 7) is 9.73. The van der Waals surface area contributed by atoms with E-state index in [2.05, 4.69) is 35.8 Å². The highest BCUT2D eigenvalue weighted by Gasteiger charge is 2.32. The zero-order valence-electron chi connectivity index (χ0n) is 10.7. The topological polar surface area (TPSA) is 15.3 Å². The number of hydrogen-bond donors (Lipinski definition) is 1. The van der Waals surface area contributed by atoms with Gasteiger partial charge in [0.1, 0.15) is 0 Å². The van der Waals surface area contributed by atoms with Crippen LogP contribution in [0.15, 0.2) is 0 Å². The van der Waals surface area contributed by atoms with Gasteiger partial charge >= 0.3 is 0 Å². The Hall–Kier alpha value is 0.270. The van der Waals surface area contributed by atoms with Gasteiger partial charge in [0.2, 0.25) is 0 Å². The van der Waals surface area contributed by atoms with Crippen LogP contribution in [-0.4, -0.2) is 48.6 Å². The summed E-state index contributed by atoms with van der Waals surface area (Å²) < 4.78 is 0. The van der Waals surface area contributed by atoms with E-state index in [1.165, 1.54) is 50.5 Å². The molecule has 1 N–H and O–H groups in total. The van der Waals surface area contributed by atoms with E-state index in [9.17, 15) is 0 Å². The van der Waals surface area contributed by atoms with Gasteiger partial charge in [0.15, 0.2) is 0 Å². The van der Waals surface area contributed by atoms with Crippen molar-refractivity contribution in [1.82, 2.24) is 10.2 Å². The predicted molar refractivity (Wildman–Crippen MR) is 73.1 cm³/mol. The summed E-state index contributed by atoms with van der Waals surface area (Å²) in [5.41, 5.74) is 0.